The Morgan fingerprint density at radius 1 is 1.00 bits per heavy atom. The molecule has 0 heterocycles. The van der Waals surface area contributed by atoms with Gasteiger partial charge in [-0.2, -0.15) is 0 Å². The smallest absolute Gasteiger partial charge is 0.0200 e. The van der Waals surface area contributed by atoms with Crippen molar-refractivity contribution in [1.82, 2.24) is 0 Å². The number of hydrogen-bond acceptors (Lipinski definition) is 0. The maximum atomic E-state index is 3.22. The molecule has 70 valence electrons. The molecule has 12 heavy (non-hydrogen) atoms. The fraction of sp³-hybridized carbons (Fsp3) is 0.833. The molecule has 0 heteroatoms. The van der Waals surface area contributed by atoms with Crippen LogP contribution in [0.4, 0.5) is 0 Å². The van der Waals surface area contributed by atoms with E-state index >= 15 is 0 Å². The third kappa shape index (κ3) is 5.24. The van der Waals surface area contributed by atoms with Crippen molar-refractivity contribution in [3.8, 4) is 11.8 Å². The molecule has 0 aromatic carbocycles. The van der Waals surface area contributed by atoms with Crippen LogP contribution < -0.4 is 0 Å². The molecule has 0 amide bonds. The SMILES string of the molecule is CC#CC(C)C(C)CCC(C)C. The Bertz CT molecular complexity index is 157. The van der Waals surface area contributed by atoms with Crippen molar-refractivity contribution in [3.63, 3.8) is 0 Å². The van der Waals surface area contributed by atoms with Crippen LogP contribution in [-0.2, 0) is 0 Å². The highest BCUT2D eigenvalue weighted by molar-refractivity contribution is 5.00. The quantitative estimate of drug-likeness (QED) is 0.558. The Balaban J connectivity index is 3.68. The average molecular weight is 166 g/mol. The van der Waals surface area contributed by atoms with Crippen molar-refractivity contribution in [2.24, 2.45) is 17.8 Å². The molecule has 0 nitrogen and oxygen atoms in total. The van der Waals surface area contributed by atoms with Gasteiger partial charge in [-0.15, -0.1) is 11.8 Å². The summed E-state index contributed by atoms with van der Waals surface area (Å²) in [5.41, 5.74) is 0. The van der Waals surface area contributed by atoms with Crippen molar-refractivity contribution >= 4 is 0 Å². The van der Waals surface area contributed by atoms with E-state index in [0.717, 1.165) is 11.8 Å². The van der Waals surface area contributed by atoms with Crippen LogP contribution in [0.5, 0.6) is 0 Å². The van der Waals surface area contributed by atoms with Gasteiger partial charge in [-0.05, 0) is 25.2 Å². The van der Waals surface area contributed by atoms with Crippen LogP contribution in [-0.4, -0.2) is 0 Å². The Hall–Kier alpha value is -0.440. The van der Waals surface area contributed by atoms with E-state index in [-0.39, 0.29) is 0 Å². The van der Waals surface area contributed by atoms with Crippen LogP contribution in [0, 0.1) is 29.6 Å². The highest BCUT2D eigenvalue weighted by Gasteiger charge is 2.09. The first-order chi connectivity index (χ1) is 5.57. The summed E-state index contributed by atoms with van der Waals surface area (Å²) in [6.07, 6.45) is 2.64. The molecule has 2 atom stereocenters. The minimum absolute atomic E-state index is 0.564. The van der Waals surface area contributed by atoms with Gasteiger partial charge in [0.1, 0.15) is 0 Å². The van der Waals surface area contributed by atoms with Crippen LogP contribution in [0.25, 0.3) is 0 Å². The summed E-state index contributed by atoms with van der Waals surface area (Å²) >= 11 is 0. The molecule has 0 aliphatic rings. The average Bonchev–Trinajstić information content (AvgIpc) is 2.00. The van der Waals surface area contributed by atoms with Gasteiger partial charge in [0.05, 0.1) is 0 Å². The second kappa shape index (κ2) is 6.12. The fourth-order valence-electron chi connectivity index (χ4n) is 1.22. The van der Waals surface area contributed by atoms with E-state index in [1.54, 1.807) is 0 Å². The van der Waals surface area contributed by atoms with Gasteiger partial charge in [0, 0.05) is 5.92 Å². The van der Waals surface area contributed by atoms with Gasteiger partial charge in [0.2, 0.25) is 0 Å². The van der Waals surface area contributed by atoms with Crippen LogP contribution in [0.1, 0.15) is 47.5 Å². The Labute approximate surface area is 77.8 Å². The molecule has 0 fully saturated rings. The Morgan fingerprint density at radius 2 is 1.58 bits per heavy atom. The summed E-state index contributed by atoms with van der Waals surface area (Å²) in [5.74, 6) is 8.35. The minimum atomic E-state index is 0.564. The standard InChI is InChI=1S/C12H22/c1-6-7-11(4)12(5)9-8-10(2)3/h10-12H,8-9H2,1-5H3. The molecule has 0 saturated heterocycles. The predicted octanol–water partition coefficient (Wildman–Crippen LogP) is 3.72. The summed E-state index contributed by atoms with van der Waals surface area (Å²) in [6.45, 7) is 11.0. The van der Waals surface area contributed by atoms with Gasteiger partial charge in [0.25, 0.3) is 0 Å². The van der Waals surface area contributed by atoms with Crippen LogP contribution in [0.3, 0.4) is 0 Å². The summed E-state index contributed by atoms with van der Waals surface area (Å²) in [4.78, 5) is 0. The molecule has 0 N–H and O–H groups in total. The first kappa shape index (κ1) is 11.6. The first-order valence-electron chi connectivity index (χ1n) is 5.00. The van der Waals surface area contributed by atoms with Crippen LogP contribution in [0.15, 0.2) is 0 Å². The van der Waals surface area contributed by atoms with Crippen molar-refractivity contribution in [2.75, 3.05) is 0 Å². The third-order valence-electron chi connectivity index (χ3n) is 2.42. The van der Waals surface area contributed by atoms with Crippen molar-refractivity contribution in [2.45, 2.75) is 47.5 Å². The van der Waals surface area contributed by atoms with Crippen LogP contribution >= 0.6 is 0 Å². The van der Waals surface area contributed by atoms with Crippen molar-refractivity contribution in [3.05, 3.63) is 0 Å². The molecule has 0 saturated carbocycles. The van der Waals surface area contributed by atoms with Crippen molar-refractivity contribution < 1.29 is 0 Å². The summed E-state index contributed by atoms with van der Waals surface area (Å²) < 4.78 is 0. The Kier molecular flexibility index (Phi) is 5.89. The van der Waals surface area contributed by atoms with Crippen molar-refractivity contribution in [1.29, 1.82) is 0 Å². The minimum Gasteiger partial charge on any atom is -0.106 e. The van der Waals surface area contributed by atoms with Gasteiger partial charge >= 0.3 is 0 Å². The predicted molar refractivity (Wildman–Crippen MR) is 55.9 cm³/mol. The van der Waals surface area contributed by atoms with Gasteiger partial charge in [-0.3, -0.25) is 0 Å². The highest BCUT2D eigenvalue weighted by Crippen LogP contribution is 2.18. The molecule has 0 rings (SSSR count). The second-order valence-electron chi connectivity index (χ2n) is 4.13. The van der Waals surface area contributed by atoms with E-state index in [4.69, 9.17) is 0 Å². The second-order valence-corrected chi connectivity index (χ2v) is 4.13. The highest BCUT2D eigenvalue weighted by atomic mass is 14.1. The Morgan fingerprint density at radius 3 is 2.00 bits per heavy atom. The number of rotatable bonds is 4. The summed E-state index contributed by atoms with van der Waals surface area (Å²) in [5, 5.41) is 0. The van der Waals surface area contributed by atoms with E-state index in [2.05, 4.69) is 39.5 Å². The zero-order valence-corrected chi connectivity index (χ0v) is 9.15. The molecular weight excluding hydrogens is 144 g/mol. The molecular formula is C12H22. The van der Waals surface area contributed by atoms with E-state index in [0.29, 0.717) is 5.92 Å². The maximum absolute atomic E-state index is 3.22. The lowest BCUT2D eigenvalue weighted by Crippen LogP contribution is -2.06. The van der Waals surface area contributed by atoms with Gasteiger partial charge in [-0.25, -0.2) is 0 Å². The lowest BCUT2D eigenvalue weighted by molar-refractivity contribution is 0.392. The third-order valence-corrected chi connectivity index (χ3v) is 2.42. The van der Waals surface area contributed by atoms with E-state index in [1.165, 1.54) is 12.8 Å². The zero-order chi connectivity index (χ0) is 9.56. The lowest BCUT2D eigenvalue weighted by Gasteiger charge is -2.15. The topological polar surface area (TPSA) is 0 Å². The van der Waals surface area contributed by atoms with Gasteiger partial charge in [0.15, 0.2) is 0 Å². The first-order valence-corrected chi connectivity index (χ1v) is 5.00. The van der Waals surface area contributed by atoms with Crippen LogP contribution in [0.2, 0.25) is 0 Å². The van der Waals surface area contributed by atoms with Gasteiger partial charge in [-0.1, -0.05) is 34.1 Å². The molecule has 0 aromatic rings. The zero-order valence-electron chi connectivity index (χ0n) is 9.15. The lowest BCUT2D eigenvalue weighted by atomic mass is 9.89. The molecule has 0 radical (unpaired) electrons. The molecule has 0 aliphatic carbocycles. The van der Waals surface area contributed by atoms with E-state index in [1.807, 2.05) is 6.92 Å². The normalized spacial score (nSPS) is 15.2. The van der Waals surface area contributed by atoms with E-state index in [9.17, 15) is 0 Å². The molecule has 0 aliphatic heterocycles. The fourth-order valence-corrected chi connectivity index (χ4v) is 1.22. The monoisotopic (exact) mass is 166 g/mol. The maximum Gasteiger partial charge on any atom is 0.0200 e. The molecule has 2 unspecified atom stereocenters. The molecule has 0 spiro atoms. The summed E-state index contributed by atoms with van der Waals surface area (Å²) in [7, 11) is 0. The van der Waals surface area contributed by atoms with Gasteiger partial charge < -0.3 is 0 Å². The number of hydrogen-bond donors (Lipinski definition) is 0. The van der Waals surface area contributed by atoms with E-state index < -0.39 is 0 Å². The largest absolute Gasteiger partial charge is 0.106 e. The molecule has 0 bridgehead atoms. The summed E-state index contributed by atoms with van der Waals surface area (Å²) in [6, 6.07) is 0. The molecule has 0 aromatic heterocycles.